The Morgan fingerprint density at radius 1 is 1.35 bits per heavy atom. The summed E-state index contributed by atoms with van der Waals surface area (Å²) in [5.74, 6) is 1.19. The van der Waals surface area contributed by atoms with E-state index >= 15 is 0 Å². The average Bonchev–Trinajstić information content (AvgIpc) is 3.04. The molecule has 7 heteroatoms. The van der Waals surface area contributed by atoms with Crippen LogP contribution in [0.25, 0.3) is 0 Å². The van der Waals surface area contributed by atoms with Crippen molar-refractivity contribution in [2.75, 3.05) is 29.5 Å². The largest absolute Gasteiger partial charge is 0.393 e. The highest BCUT2D eigenvalue weighted by Crippen LogP contribution is 2.28. The molecule has 0 aliphatic carbocycles. The number of nitrogens with zero attached hydrogens (tertiary/aromatic N) is 2. The monoisotopic (exact) mass is 333 g/mol. The summed E-state index contributed by atoms with van der Waals surface area (Å²) >= 11 is 5.98. The van der Waals surface area contributed by atoms with Gasteiger partial charge in [0.15, 0.2) is 11.6 Å². The van der Waals surface area contributed by atoms with Gasteiger partial charge in [0.25, 0.3) is 0 Å². The molecule has 0 amide bonds. The van der Waals surface area contributed by atoms with Crippen LogP contribution >= 0.6 is 11.6 Å². The molecule has 0 bridgehead atoms. The van der Waals surface area contributed by atoms with E-state index in [4.69, 9.17) is 22.1 Å². The molecule has 2 heterocycles. The summed E-state index contributed by atoms with van der Waals surface area (Å²) in [6.07, 6.45) is 3.88. The number of halogens is 1. The van der Waals surface area contributed by atoms with E-state index in [1.165, 1.54) is 6.33 Å². The highest BCUT2D eigenvalue weighted by Gasteiger charge is 2.16. The average molecular weight is 334 g/mol. The van der Waals surface area contributed by atoms with Gasteiger partial charge in [-0.05, 0) is 43.5 Å². The van der Waals surface area contributed by atoms with Gasteiger partial charge < -0.3 is 21.1 Å². The van der Waals surface area contributed by atoms with Crippen molar-refractivity contribution in [2.24, 2.45) is 0 Å². The van der Waals surface area contributed by atoms with Gasteiger partial charge in [0.05, 0.1) is 6.10 Å². The summed E-state index contributed by atoms with van der Waals surface area (Å²) in [7, 11) is 0. The minimum atomic E-state index is 0.222. The number of anilines is 4. The minimum absolute atomic E-state index is 0.222. The lowest BCUT2D eigenvalue weighted by molar-refractivity contribution is 0.120. The zero-order valence-corrected chi connectivity index (χ0v) is 13.7. The molecule has 2 aromatic rings. The van der Waals surface area contributed by atoms with Crippen LogP contribution in [0.15, 0.2) is 24.5 Å². The van der Waals surface area contributed by atoms with Crippen molar-refractivity contribution in [2.45, 2.75) is 25.9 Å². The topological polar surface area (TPSA) is 85.1 Å². The second kappa shape index (κ2) is 7.02. The zero-order valence-electron chi connectivity index (χ0n) is 13.0. The van der Waals surface area contributed by atoms with E-state index in [1.807, 2.05) is 25.1 Å². The van der Waals surface area contributed by atoms with E-state index in [0.717, 1.165) is 30.7 Å². The molecule has 23 heavy (non-hydrogen) atoms. The van der Waals surface area contributed by atoms with Gasteiger partial charge in [-0.15, -0.1) is 0 Å². The second-order valence-electron chi connectivity index (χ2n) is 5.58. The molecule has 1 aliphatic heterocycles. The number of benzene rings is 1. The number of rotatable bonds is 5. The van der Waals surface area contributed by atoms with E-state index in [-0.39, 0.29) is 6.10 Å². The minimum Gasteiger partial charge on any atom is -0.393 e. The van der Waals surface area contributed by atoms with Crippen molar-refractivity contribution in [1.29, 1.82) is 0 Å². The molecule has 0 spiro atoms. The molecular formula is C16H20ClN5O. The third-order valence-corrected chi connectivity index (χ3v) is 4.08. The fourth-order valence-electron chi connectivity index (χ4n) is 2.55. The van der Waals surface area contributed by atoms with E-state index in [0.29, 0.717) is 28.9 Å². The number of hydrogen-bond donors (Lipinski definition) is 3. The molecule has 0 saturated carbocycles. The summed E-state index contributed by atoms with van der Waals surface area (Å²) in [4.78, 5) is 8.44. The van der Waals surface area contributed by atoms with Gasteiger partial charge in [-0.3, -0.25) is 0 Å². The Labute approximate surface area is 140 Å². The van der Waals surface area contributed by atoms with Crippen LogP contribution in [0.2, 0.25) is 5.02 Å². The zero-order chi connectivity index (χ0) is 16.2. The third kappa shape index (κ3) is 3.83. The van der Waals surface area contributed by atoms with Crippen molar-refractivity contribution >= 4 is 34.6 Å². The maximum atomic E-state index is 6.18. The summed E-state index contributed by atoms with van der Waals surface area (Å²) in [6.45, 7) is 3.50. The molecule has 1 atom stereocenters. The van der Waals surface area contributed by atoms with Crippen molar-refractivity contribution in [3.05, 3.63) is 35.1 Å². The first-order valence-corrected chi connectivity index (χ1v) is 8.00. The standard InChI is InChI=1S/C16H20ClN5O/c1-10-7-11(17)4-5-13(10)22-16-14(18)15(20-9-21-16)19-8-12-3-2-6-23-12/h4-5,7,9,12H,2-3,6,8,18H2,1H3,(H2,19,20,21,22). The maximum Gasteiger partial charge on any atom is 0.159 e. The molecule has 1 aromatic carbocycles. The van der Waals surface area contributed by atoms with Crippen LogP contribution in [0.4, 0.5) is 23.0 Å². The molecule has 1 fully saturated rings. The van der Waals surface area contributed by atoms with Crippen LogP contribution < -0.4 is 16.4 Å². The van der Waals surface area contributed by atoms with Crippen LogP contribution in [0.5, 0.6) is 0 Å². The predicted molar refractivity (Wildman–Crippen MR) is 93.4 cm³/mol. The first-order valence-electron chi connectivity index (χ1n) is 7.62. The Morgan fingerprint density at radius 3 is 2.91 bits per heavy atom. The van der Waals surface area contributed by atoms with Gasteiger partial charge in [-0.2, -0.15) is 0 Å². The smallest absolute Gasteiger partial charge is 0.159 e. The second-order valence-corrected chi connectivity index (χ2v) is 6.02. The van der Waals surface area contributed by atoms with Crippen LogP contribution in [0.3, 0.4) is 0 Å². The molecule has 122 valence electrons. The van der Waals surface area contributed by atoms with Crippen LogP contribution in [-0.4, -0.2) is 29.2 Å². The summed E-state index contributed by atoms with van der Waals surface area (Å²) in [5, 5.41) is 7.17. The van der Waals surface area contributed by atoms with Crippen molar-refractivity contribution in [3.63, 3.8) is 0 Å². The number of nitrogens with one attached hydrogen (secondary N) is 2. The molecular weight excluding hydrogens is 314 g/mol. The number of hydrogen-bond acceptors (Lipinski definition) is 6. The first-order chi connectivity index (χ1) is 11.1. The maximum absolute atomic E-state index is 6.18. The number of ether oxygens (including phenoxy) is 1. The van der Waals surface area contributed by atoms with Crippen LogP contribution in [-0.2, 0) is 4.74 Å². The van der Waals surface area contributed by atoms with E-state index in [1.54, 1.807) is 0 Å². The van der Waals surface area contributed by atoms with Crippen molar-refractivity contribution < 1.29 is 4.74 Å². The lowest BCUT2D eigenvalue weighted by Crippen LogP contribution is -2.20. The highest BCUT2D eigenvalue weighted by molar-refractivity contribution is 6.30. The fourth-order valence-corrected chi connectivity index (χ4v) is 2.77. The number of nitrogen functional groups attached to an aromatic ring is 1. The summed E-state index contributed by atoms with van der Waals surface area (Å²) in [6, 6.07) is 5.61. The van der Waals surface area contributed by atoms with Crippen LogP contribution in [0.1, 0.15) is 18.4 Å². The molecule has 6 nitrogen and oxygen atoms in total. The molecule has 4 N–H and O–H groups in total. The summed E-state index contributed by atoms with van der Waals surface area (Å²) < 4.78 is 5.59. The third-order valence-electron chi connectivity index (χ3n) is 3.85. The Morgan fingerprint density at radius 2 is 2.17 bits per heavy atom. The first kappa shape index (κ1) is 15.8. The SMILES string of the molecule is Cc1cc(Cl)ccc1Nc1ncnc(NCC2CCCO2)c1N. The Hall–Kier alpha value is -2.05. The molecule has 1 unspecified atom stereocenters. The Bertz CT molecular complexity index is 688. The van der Waals surface area contributed by atoms with E-state index in [9.17, 15) is 0 Å². The van der Waals surface area contributed by atoms with Crippen molar-refractivity contribution in [1.82, 2.24) is 9.97 Å². The Balaban J connectivity index is 1.73. The number of aromatic nitrogens is 2. The fraction of sp³-hybridized carbons (Fsp3) is 0.375. The van der Waals surface area contributed by atoms with E-state index in [2.05, 4.69) is 20.6 Å². The van der Waals surface area contributed by atoms with Gasteiger partial charge in [-0.25, -0.2) is 9.97 Å². The lowest BCUT2D eigenvalue weighted by atomic mass is 10.2. The Kier molecular flexibility index (Phi) is 4.83. The predicted octanol–water partition coefficient (Wildman–Crippen LogP) is 3.36. The lowest BCUT2D eigenvalue weighted by Gasteiger charge is -2.15. The van der Waals surface area contributed by atoms with Gasteiger partial charge in [-0.1, -0.05) is 11.6 Å². The van der Waals surface area contributed by atoms with Gasteiger partial charge in [0, 0.05) is 23.9 Å². The number of aryl methyl sites for hydroxylation is 1. The van der Waals surface area contributed by atoms with Gasteiger partial charge in [0.2, 0.25) is 0 Å². The molecule has 3 rings (SSSR count). The normalized spacial score (nSPS) is 17.2. The molecule has 1 aromatic heterocycles. The molecule has 0 radical (unpaired) electrons. The van der Waals surface area contributed by atoms with Gasteiger partial charge >= 0.3 is 0 Å². The quantitative estimate of drug-likeness (QED) is 0.778. The summed E-state index contributed by atoms with van der Waals surface area (Å²) in [5.41, 5.74) is 8.59. The van der Waals surface area contributed by atoms with E-state index < -0.39 is 0 Å². The highest BCUT2D eigenvalue weighted by atomic mass is 35.5. The molecule has 1 aliphatic rings. The van der Waals surface area contributed by atoms with Crippen molar-refractivity contribution in [3.8, 4) is 0 Å². The van der Waals surface area contributed by atoms with Crippen LogP contribution in [0, 0.1) is 6.92 Å². The van der Waals surface area contributed by atoms with Gasteiger partial charge in [0.1, 0.15) is 12.0 Å². The molecule has 1 saturated heterocycles. The number of nitrogens with two attached hydrogens (primary N) is 1.